The molecule has 10 heavy (non-hydrogen) atoms. The van der Waals surface area contributed by atoms with Gasteiger partial charge in [-0.2, -0.15) is 4.91 Å². The van der Waals surface area contributed by atoms with Crippen LogP contribution in [0, 0.1) is 4.91 Å². The average molecular weight is 140 g/mol. The number of hydrogen-bond acceptors (Lipinski definition) is 3. The van der Waals surface area contributed by atoms with Crippen molar-refractivity contribution in [2.75, 3.05) is 7.05 Å². The lowest BCUT2D eigenvalue weighted by atomic mass is 10.3. The number of hydrogen-bond donors (Lipinski definition) is 0. The van der Waals surface area contributed by atoms with E-state index in [1.165, 1.54) is 0 Å². The van der Waals surface area contributed by atoms with Crippen molar-refractivity contribution in [3.8, 4) is 0 Å². The van der Waals surface area contributed by atoms with Gasteiger partial charge in [-0.25, -0.2) is 0 Å². The van der Waals surface area contributed by atoms with Crippen molar-refractivity contribution < 1.29 is 0 Å². The summed E-state index contributed by atoms with van der Waals surface area (Å²) in [5, 5.41) is 2.80. The van der Waals surface area contributed by atoms with E-state index in [9.17, 15) is 4.91 Å². The van der Waals surface area contributed by atoms with E-state index >= 15 is 0 Å². The van der Waals surface area contributed by atoms with Gasteiger partial charge in [0.05, 0.1) is 0 Å². The maximum absolute atomic E-state index is 9.86. The molecule has 0 aliphatic heterocycles. The highest BCUT2D eigenvalue weighted by atomic mass is 16.3. The fourth-order valence-electron chi connectivity index (χ4n) is 0.388. The minimum Gasteiger partial charge on any atom is -0.293 e. The van der Waals surface area contributed by atoms with Gasteiger partial charge in [-0.05, 0) is 19.9 Å². The van der Waals surface area contributed by atoms with Gasteiger partial charge in [-0.15, -0.1) is 0 Å². The molecular formula is C7H12N2O. The molecule has 0 bridgehead atoms. The quantitative estimate of drug-likeness (QED) is 0.435. The Balaban J connectivity index is 3.86. The zero-order valence-corrected chi connectivity index (χ0v) is 6.53. The van der Waals surface area contributed by atoms with Crippen LogP contribution in [0.1, 0.15) is 13.8 Å². The second-order valence-electron chi connectivity index (χ2n) is 2.07. The largest absolute Gasteiger partial charge is 0.293 e. The van der Waals surface area contributed by atoms with E-state index in [0.717, 1.165) is 5.71 Å². The van der Waals surface area contributed by atoms with Gasteiger partial charge in [-0.1, -0.05) is 11.3 Å². The molecule has 1 atom stereocenters. The smallest absolute Gasteiger partial charge is 0.108 e. The van der Waals surface area contributed by atoms with E-state index in [1.807, 2.05) is 6.92 Å². The van der Waals surface area contributed by atoms with E-state index in [2.05, 4.69) is 10.2 Å². The minimum atomic E-state index is -0.253. The number of allylic oxidation sites excluding steroid dienone is 1. The first-order valence-corrected chi connectivity index (χ1v) is 3.14. The Morgan fingerprint density at radius 3 is 2.60 bits per heavy atom. The maximum Gasteiger partial charge on any atom is 0.108 e. The van der Waals surface area contributed by atoms with Crippen LogP contribution >= 0.6 is 0 Å². The Hall–Kier alpha value is -0.990. The Labute approximate surface area is 60.8 Å². The first kappa shape index (κ1) is 9.01. The van der Waals surface area contributed by atoms with Gasteiger partial charge in [0.2, 0.25) is 0 Å². The normalized spacial score (nSPS) is 15.7. The molecule has 0 saturated carbocycles. The van der Waals surface area contributed by atoms with Crippen LogP contribution in [-0.4, -0.2) is 18.8 Å². The molecule has 0 saturated heterocycles. The van der Waals surface area contributed by atoms with Gasteiger partial charge in [0.15, 0.2) is 0 Å². The Bertz CT molecular complexity index is 161. The second kappa shape index (κ2) is 4.85. The van der Waals surface area contributed by atoms with Crippen LogP contribution in [0.4, 0.5) is 0 Å². The predicted octanol–water partition coefficient (Wildman–Crippen LogP) is 1.79. The van der Waals surface area contributed by atoms with Crippen LogP contribution in [0.5, 0.6) is 0 Å². The van der Waals surface area contributed by atoms with Gasteiger partial charge in [0, 0.05) is 12.8 Å². The Kier molecular flexibility index (Phi) is 4.37. The second-order valence-corrected chi connectivity index (χ2v) is 2.07. The molecule has 0 aromatic rings. The number of nitrogens with zero attached hydrogens (tertiary/aromatic N) is 2. The van der Waals surface area contributed by atoms with E-state index in [0.29, 0.717) is 0 Å². The van der Waals surface area contributed by atoms with E-state index in [4.69, 9.17) is 0 Å². The molecule has 56 valence electrons. The Morgan fingerprint density at radius 1 is 1.60 bits per heavy atom. The molecule has 0 fully saturated rings. The molecule has 0 radical (unpaired) electrons. The predicted molar refractivity (Wildman–Crippen MR) is 43.4 cm³/mol. The third-order valence-corrected chi connectivity index (χ3v) is 1.13. The lowest BCUT2D eigenvalue weighted by molar-refractivity contribution is 0.917. The van der Waals surface area contributed by atoms with Crippen molar-refractivity contribution in [3.63, 3.8) is 0 Å². The van der Waals surface area contributed by atoms with E-state index in [1.54, 1.807) is 26.1 Å². The first-order valence-electron chi connectivity index (χ1n) is 3.14. The van der Waals surface area contributed by atoms with Gasteiger partial charge in [-0.3, -0.25) is 4.99 Å². The lowest BCUT2D eigenvalue weighted by Gasteiger charge is -1.90. The molecular weight excluding hydrogens is 128 g/mol. The molecule has 0 aliphatic carbocycles. The van der Waals surface area contributed by atoms with E-state index in [-0.39, 0.29) is 6.04 Å². The summed E-state index contributed by atoms with van der Waals surface area (Å²) in [6, 6.07) is -0.253. The van der Waals surface area contributed by atoms with Crippen LogP contribution in [0.3, 0.4) is 0 Å². The van der Waals surface area contributed by atoms with Crippen LogP contribution in [-0.2, 0) is 0 Å². The molecule has 0 rings (SSSR count). The van der Waals surface area contributed by atoms with Gasteiger partial charge in [0.1, 0.15) is 6.04 Å². The zero-order valence-electron chi connectivity index (χ0n) is 6.53. The summed E-state index contributed by atoms with van der Waals surface area (Å²) in [7, 11) is 1.71. The summed E-state index contributed by atoms with van der Waals surface area (Å²) in [6.07, 6.45) is 3.50. The number of aliphatic imine (C=N–C) groups is 1. The van der Waals surface area contributed by atoms with Crippen molar-refractivity contribution in [3.05, 3.63) is 17.1 Å². The fourth-order valence-corrected chi connectivity index (χ4v) is 0.388. The summed E-state index contributed by atoms with van der Waals surface area (Å²) in [5.41, 5.74) is 0.899. The van der Waals surface area contributed by atoms with Crippen molar-refractivity contribution >= 4 is 5.71 Å². The zero-order chi connectivity index (χ0) is 7.98. The molecule has 0 N–H and O–H groups in total. The monoisotopic (exact) mass is 140 g/mol. The van der Waals surface area contributed by atoms with Crippen molar-refractivity contribution in [2.24, 2.45) is 10.2 Å². The van der Waals surface area contributed by atoms with Crippen LogP contribution < -0.4 is 0 Å². The maximum atomic E-state index is 9.86. The summed E-state index contributed by atoms with van der Waals surface area (Å²) >= 11 is 0. The molecule has 3 nitrogen and oxygen atoms in total. The lowest BCUT2D eigenvalue weighted by Crippen LogP contribution is -1.91. The fraction of sp³-hybridized carbons (Fsp3) is 0.571. The highest BCUT2D eigenvalue weighted by Gasteiger charge is 1.90. The SMILES string of the molecule is CN=C(C)/C=C\C(C)N=O. The summed E-state index contributed by atoms with van der Waals surface area (Å²) < 4.78 is 0. The summed E-state index contributed by atoms with van der Waals surface area (Å²) in [4.78, 5) is 13.7. The highest BCUT2D eigenvalue weighted by Crippen LogP contribution is 1.90. The van der Waals surface area contributed by atoms with Crippen LogP contribution in [0.15, 0.2) is 22.3 Å². The summed E-state index contributed by atoms with van der Waals surface area (Å²) in [6.45, 7) is 3.60. The molecule has 0 spiro atoms. The third-order valence-electron chi connectivity index (χ3n) is 1.13. The van der Waals surface area contributed by atoms with Crippen LogP contribution in [0.2, 0.25) is 0 Å². The van der Waals surface area contributed by atoms with Crippen molar-refractivity contribution in [2.45, 2.75) is 19.9 Å². The van der Waals surface area contributed by atoms with Gasteiger partial charge in [0.25, 0.3) is 0 Å². The molecule has 3 heteroatoms. The highest BCUT2D eigenvalue weighted by molar-refractivity contribution is 5.92. The Morgan fingerprint density at radius 2 is 2.20 bits per heavy atom. The minimum absolute atomic E-state index is 0.253. The molecule has 0 aromatic carbocycles. The van der Waals surface area contributed by atoms with Gasteiger partial charge >= 0.3 is 0 Å². The van der Waals surface area contributed by atoms with Crippen molar-refractivity contribution in [1.29, 1.82) is 0 Å². The van der Waals surface area contributed by atoms with Gasteiger partial charge < -0.3 is 0 Å². The van der Waals surface area contributed by atoms with Crippen LogP contribution in [0.25, 0.3) is 0 Å². The molecule has 0 aromatic heterocycles. The van der Waals surface area contributed by atoms with Crippen molar-refractivity contribution in [1.82, 2.24) is 0 Å². The topological polar surface area (TPSA) is 41.8 Å². The summed E-state index contributed by atoms with van der Waals surface area (Å²) in [5.74, 6) is 0. The average Bonchev–Trinajstić information content (AvgIpc) is 1.99. The number of nitroso groups, excluding NO2 is 1. The molecule has 0 aliphatic rings. The standard InChI is InChI=1S/C7H12N2O/c1-6(8-3)4-5-7(2)9-10/h4-5,7H,1-3H3/b5-4-,8-6?. The third kappa shape index (κ3) is 3.95. The molecule has 1 unspecified atom stereocenters. The first-order chi connectivity index (χ1) is 4.70. The molecule has 0 heterocycles. The van der Waals surface area contributed by atoms with E-state index < -0.39 is 0 Å². The number of rotatable bonds is 3. The molecule has 0 amide bonds.